The van der Waals surface area contributed by atoms with Gasteiger partial charge >= 0.3 is 11.8 Å². The molecule has 0 radical (unpaired) electrons. The van der Waals surface area contributed by atoms with E-state index in [0.29, 0.717) is 37.7 Å². The summed E-state index contributed by atoms with van der Waals surface area (Å²) in [6.07, 6.45) is -0.966. The highest BCUT2D eigenvalue weighted by Crippen LogP contribution is 2.30. The SMILES string of the molecule is Cc1c([N+](=O)[O-])c(N2CCN(C(=O)O)CC2)nn1C. The van der Waals surface area contributed by atoms with Crippen LogP contribution in [0.3, 0.4) is 0 Å². The van der Waals surface area contributed by atoms with Crippen molar-refractivity contribution < 1.29 is 14.8 Å². The van der Waals surface area contributed by atoms with Crippen LogP contribution in [0.2, 0.25) is 0 Å². The summed E-state index contributed by atoms with van der Waals surface area (Å²) in [6.45, 7) is 3.10. The fraction of sp³-hybridized carbons (Fsp3) is 0.600. The maximum absolute atomic E-state index is 11.1. The number of hydrogen-bond acceptors (Lipinski definition) is 5. The lowest BCUT2D eigenvalue weighted by molar-refractivity contribution is -0.384. The zero-order valence-corrected chi connectivity index (χ0v) is 10.7. The number of piperazine rings is 1. The van der Waals surface area contributed by atoms with E-state index in [1.807, 2.05) is 0 Å². The first-order valence-corrected chi connectivity index (χ1v) is 5.82. The van der Waals surface area contributed by atoms with E-state index in [1.54, 1.807) is 18.9 Å². The number of carboxylic acid groups (broad SMARTS) is 1. The Kier molecular flexibility index (Phi) is 3.28. The summed E-state index contributed by atoms with van der Waals surface area (Å²) in [4.78, 5) is 24.5. The molecule has 9 nitrogen and oxygen atoms in total. The Bertz CT molecular complexity index is 518. The average Bonchev–Trinajstić information content (AvgIpc) is 2.66. The molecule has 1 saturated heterocycles. The fourth-order valence-electron chi connectivity index (χ4n) is 2.12. The van der Waals surface area contributed by atoms with Crippen LogP contribution in [0.25, 0.3) is 0 Å². The highest BCUT2D eigenvalue weighted by molar-refractivity contribution is 5.66. The van der Waals surface area contributed by atoms with E-state index >= 15 is 0 Å². The smallest absolute Gasteiger partial charge is 0.407 e. The molecule has 2 heterocycles. The van der Waals surface area contributed by atoms with Gasteiger partial charge in [0.2, 0.25) is 5.82 Å². The van der Waals surface area contributed by atoms with Crippen molar-refractivity contribution in [2.45, 2.75) is 6.92 Å². The molecular formula is C10H15N5O4. The van der Waals surface area contributed by atoms with E-state index in [1.165, 1.54) is 9.58 Å². The molecule has 0 aliphatic carbocycles. The Balaban J connectivity index is 2.22. The Hall–Kier alpha value is -2.32. The third-order valence-electron chi connectivity index (χ3n) is 3.32. The van der Waals surface area contributed by atoms with Gasteiger partial charge < -0.3 is 14.9 Å². The largest absolute Gasteiger partial charge is 0.465 e. The van der Waals surface area contributed by atoms with Crippen molar-refractivity contribution >= 4 is 17.6 Å². The van der Waals surface area contributed by atoms with Crippen molar-refractivity contribution in [1.82, 2.24) is 14.7 Å². The molecule has 104 valence electrons. The van der Waals surface area contributed by atoms with Crippen LogP contribution in [0.1, 0.15) is 5.69 Å². The first-order chi connectivity index (χ1) is 8.91. The minimum absolute atomic E-state index is 0.00808. The summed E-state index contributed by atoms with van der Waals surface area (Å²) in [5, 5.41) is 24.1. The van der Waals surface area contributed by atoms with Crippen molar-refractivity contribution in [3.05, 3.63) is 15.8 Å². The predicted molar refractivity (Wildman–Crippen MR) is 66.4 cm³/mol. The first-order valence-electron chi connectivity index (χ1n) is 5.82. The number of nitro groups is 1. The Labute approximate surface area is 109 Å². The molecule has 0 saturated carbocycles. The lowest BCUT2D eigenvalue weighted by Gasteiger charge is -2.32. The lowest BCUT2D eigenvalue weighted by atomic mass is 10.3. The van der Waals surface area contributed by atoms with Gasteiger partial charge in [-0.25, -0.2) is 4.79 Å². The summed E-state index contributed by atoms with van der Waals surface area (Å²) in [5.74, 6) is 0.315. The van der Waals surface area contributed by atoms with Gasteiger partial charge in [0, 0.05) is 33.2 Å². The van der Waals surface area contributed by atoms with Crippen LogP contribution < -0.4 is 4.90 Å². The molecular weight excluding hydrogens is 254 g/mol. The van der Waals surface area contributed by atoms with Gasteiger partial charge in [-0.05, 0) is 6.92 Å². The Morgan fingerprint density at radius 3 is 2.42 bits per heavy atom. The van der Waals surface area contributed by atoms with E-state index in [9.17, 15) is 14.9 Å². The van der Waals surface area contributed by atoms with Gasteiger partial charge in [0.1, 0.15) is 5.69 Å². The maximum Gasteiger partial charge on any atom is 0.407 e. The standard InChI is InChI=1S/C10H15N5O4/c1-7-8(15(18)19)9(11-12(7)2)13-3-5-14(6-4-13)10(16)17/h3-6H2,1-2H3,(H,16,17). The topological polar surface area (TPSA) is 105 Å². The first kappa shape index (κ1) is 13.1. The minimum Gasteiger partial charge on any atom is -0.465 e. The van der Waals surface area contributed by atoms with Crippen LogP contribution in [0.4, 0.5) is 16.3 Å². The molecule has 0 unspecified atom stereocenters. The highest BCUT2D eigenvalue weighted by Gasteiger charge is 2.30. The van der Waals surface area contributed by atoms with Gasteiger partial charge in [-0.3, -0.25) is 14.8 Å². The van der Waals surface area contributed by atoms with E-state index < -0.39 is 11.0 Å². The molecule has 0 atom stereocenters. The van der Waals surface area contributed by atoms with Crippen molar-refractivity contribution in [1.29, 1.82) is 0 Å². The molecule has 19 heavy (non-hydrogen) atoms. The molecule has 1 amide bonds. The van der Waals surface area contributed by atoms with Gasteiger partial charge in [0.25, 0.3) is 0 Å². The van der Waals surface area contributed by atoms with Crippen molar-refractivity contribution in [3.8, 4) is 0 Å². The van der Waals surface area contributed by atoms with Gasteiger partial charge in [0.15, 0.2) is 0 Å². The fourth-order valence-corrected chi connectivity index (χ4v) is 2.12. The van der Waals surface area contributed by atoms with Gasteiger partial charge in [-0.15, -0.1) is 5.10 Å². The molecule has 2 rings (SSSR count). The van der Waals surface area contributed by atoms with Gasteiger partial charge in [-0.2, -0.15) is 0 Å². The van der Waals surface area contributed by atoms with Crippen molar-refractivity contribution in [2.75, 3.05) is 31.1 Å². The van der Waals surface area contributed by atoms with Crippen molar-refractivity contribution in [2.24, 2.45) is 7.05 Å². The molecule has 1 fully saturated rings. The number of amides is 1. The van der Waals surface area contributed by atoms with Crippen LogP contribution in [0, 0.1) is 17.0 Å². The number of aromatic nitrogens is 2. The lowest BCUT2D eigenvalue weighted by Crippen LogP contribution is -2.48. The van der Waals surface area contributed by atoms with E-state index in [0.717, 1.165) is 0 Å². The maximum atomic E-state index is 11.1. The normalized spacial score (nSPS) is 15.7. The summed E-state index contributed by atoms with van der Waals surface area (Å²) in [6, 6.07) is 0. The number of anilines is 1. The quantitative estimate of drug-likeness (QED) is 0.617. The molecule has 1 aliphatic rings. The van der Waals surface area contributed by atoms with Gasteiger partial charge in [-0.1, -0.05) is 0 Å². The Morgan fingerprint density at radius 1 is 1.37 bits per heavy atom. The second-order valence-corrected chi connectivity index (χ2v) is 4.40. The molecule has 1 aliphatic heterocycles. The molecule has 1 aromatic rings. The number of aryl methyl sites for hydroxylation is 1. The second-order valence-electron chi connectivity index (χ2n) is 4.40. The average molecular weight is 269 g/mol. The van der Waals surface area contributed by atoms with E-state index in [2.05, 4.69) is 5.10 Å². The number of nitrogens with zero attached hydrogens (tertiary/aromatic N) is 5. The molecule has 0 bridgehead atoms. The zero-order chi connectivity index (χ0) is 14.2. The van der Waals surface area contributed by atoms with Gasteiger partial charge in [0.05, 0.1) is 4.92 Å². The van der Waals surface area contributed by atoms with Crippen LogP contribution in [0.15, 0.2) is 0 Å². The third-order valence-corrected chi connectivity index (χ3v) is 3.32. The van der Waals surface area contributed by atoms with Crippen LogP contribution in [-0.2, 0) is 7.05 Å². The number of hydrogen-bond donors (Lipinski definition) is 1. The zero-order valence-electron chi connectivity index (χ0n) is 10.7. The predicted octanol–water partition coefficient (Wildman–Crippen LogP) is 0.437. The van der Waals surface area contributed by atoms with E-state index in [-0.39, 0.29) is 5.69 Å². The third kappa shape index (κ3) is 2.30. The van der Waals surface area contributed by atoms with E-state index in [4.69, 9.17) is 5.11 Å². The number of rotatable bonds is 2. The summed E-state index contributed by atoms with van der Waals surface area (Å²) >= 11 is 0. The second kappa shape index (κ2) is 4.75. The van der Waals surface area contributed by atoms with Crippen molar-refractivity contribution in [3.63, 3.8) is 0 Å². The Morgan fingerprint density at radius 2 is 1.95 bits per heavy atom. The summed E-state index contributed by atoms with van der Waals surface area (Å²) in [7, 11) is 1.65. The molecule has 9 heteroatoms. The minimum atomic E-state index is -0.966. The monoisotopic (exact) mass is 269 g/mol. The van der Waals surface area contributed by atoms with Crippen LogP contribution in [0.5, 0.6) is 0 Å². The molecule has 1 N–H and O–H groups in total. The highest BCUT2D eigenvalue weighted by atomic mass is 16.6. The molecule has 1 aromatic heterocycles. The summed E-state index contributed by atoms with van der Waals surface area (Å²) < 4.78 is 1.47. The number of carbonyl (C=O) groups is 1. The van der Waals surface area contributed by atoms with Crippen LogP contribution >= 0.6 is 0 Å². The molecule has 0 aromatic carbocycles. The molecule has 0 spiro atoms. The summed E-state index contributed by atoms with van der Waals surface area (Å²) in [5.41, 5.74) is 0.479. The van der Waals surface area contributed by atoms with Crippen LogP contribution in [-0.4, -0.2) is 57.0 Å².